The SMILES string of the molecule is CCC1CCCC(N)(CC)N1C(=O)OC(C)C. The fourth-order valence-corrected chi connectivity index (χ4v) is 2.58. The van der Waals surface area contributed by atoms with Gasteiger partial charge < -0.3 is 10.5 Å². The standard InChI is InChI=1S/C13H26N2O2/c1-5-11-8-7-9-13(14,6-2)15(11)12(16)17-10(3)4/h10-11H,5-9,14H2,1-4H3. The van der Waals surface area contributed by atoms with E-state index in [1.165, 1.54) is 0 Å². The molecule has 1 aliphatic rings. The monoisotopic (exact) mass is 242 g/mol. The normalized spacial score (nSPS) is 29.5. The molecule has 1 heterocycles. The number of piperidine rings is 1. The average Bonchev–Trinajstić information content (AvgIpc) is 2.27. The number of carbonyl (C=O) groups excluding carboxylic acids is 1. The van der Waals surface area contributed by atoms with Crippen molar-refractivity contribution in [2.24, 2.45) is 5.73 Å². The van der Waals surface area contributed by atoms with Gasteiger partial charge in [-0.15, -0.1) is 0 Å². The van der Waals surface area contributed by atoms with Crippen LogP contribution in [0.4, 0.5) is 4.79 Å². The third-order valence-electron chi connectivity index (χ3n) is 3.61. The lowest BCUT2D eigenvalue weighted by atomic mass is 9.88. The molecule has 4 heteroatoms. The van der Waals surface area contributed by atoms with E-state index in [0.29, 0.717) is 0 Å². The van der Waals surface area contributed by atoms with Crippen LogP contribution in [0.3, 0.4) is 0 Å². The van der Waals surface area contributed by atoms with Gasteiger partial charge in [-0.05, 0) is 46.0 Å². The maximum absolute atomic E-state index is 12.2. The third-order valence-corrected chi connectivity index (χ3v) is 3.61. The Morgan fingerprint density at radius 1 is 1.53 bits per heavy atom. The first kappa shape index (κ1) is 14.3. The second-order valence-electron chi connectivity index (χ2n) is 5.21. The maximum Gasteiger partial charge on any atom is 0.411 e. The molecule has 4 nitrogen and oxygen atoms in total. The van der Waals surface area contributed by atoms with E-state index in [-0.39, 0.29) is 18.2 Å². The summed E-state index contributed by atoms with van der Waals surface area (Å²) in [5.41, 5.74) is 5.85. The van der Waals surface area contributed by atoms with Crippen LogP contribution >= 0.6 is 0 Å². The highest BCUT2D eigenvalue weighted by molar-refractivity contribution is 5.69. The van der Waals surface area contributed by atoms with Crippen molar-refractivity contribution in [2.75, 3.05) is 0 Å². The van der Waals surface area contributed by atoms with Crippen molar-refractivity contribution in [1.29, 1.82) is 0 Å². The van der Waals surface area contributed by atoms with E-state index in [0.717, 1.165) is 32.1 Å². The van der Waals surface area contributed by atoms with Crippen LogP contribution in [0, 0.1) is 0 Å². The summed E-state index contributed by atoms with van der Waals surface area (Å²) in [7, 11) is 0. The largest absolute Gasteiger partial charge is 0.447 e. The summed E-state index contributed by atoms with van der Waals surface area (Å²) in [5.74, 6) is 0. The van der Waals surface area contributed by atoms with Crippen LogP contribution in [0.2, 0.25) is 0 Å². The Labute approximate surface area is 104 Å². The Hall–Kier alpha value is -0.770. The molecule has 0 aromatic carbocycles. The van der Waals surface area contributed by atoms with E-state index in [2.05, 4.69) is 6.92 Å². The van der Waals surface area contributed by atoms with Crippen LogP contribution in [-0.2, 0) is 4.74 Å². The zero-order valence-corrected chi connectivity index (χ0v) is 11.5. The van der Waals surface area contributed by atoms with E-state index in [1.54, 1.807) is 4.90 Å². The highest BCUT2D eigenvalue weighted by Crippen LogP contribution is 2.32. The van der Waals surface area contributed by atoms with Gasteiger partial charge in [0.2, 0.25) is 0 Å². The molecular weight excluding hydrogens is 216 g/mol. The Morgan fingerprint density at radius 3 is 2.65 bits per heavy atom. The summed E-state index contributed by atoms with van der Waals surface area (Å²) in [6.07, 6.45) is 4.35. The van der Waals surface area contributed by atoms with E-state index >= 15 is 0 Å². The van der Waals surface area contributed by atoms with E-state index < -0.39 is 5.66 Å². The van der Waals surface area contributed by atoms with Crippen LogP contribution in [0.5, 0.6) is 0 Å². The van der Waals surface area contributed by atoms with Gasteiger partial charge in [-0.1, -0.05) is 13.8 Å². The molecule has 0 saturated carbocycles. The second kappa shape index (κ2) is 5.71. The van der Waals surface area contributed by atoms with Crippen LogP contribution in [0.1, 0.15) is 59.8 Å². The smallest absolute Gasteiger partial charge is 0.411 e. The first-order chi connectivity index (χ1) is 7.94. The topological polar surface area (TPSA) is 55.6 Å². The molecule has 1 fully saturated rings. The van der Waals surface area contributed by atoms with Crippen molar-refractivity contribution in [3.8, 4) is 0 Å². The van der Waals surface area contributed by atoms with Crippen LogP contribution in [0.25, 0.3) is 0 Å². The van der Waals surface area contributed by atoms with E-state index in [4.69, 9.17) is 10.5 Å². The third kappa shape index (κ3) is 3.12. The fourth-order valence-electron chi connectivity index (χ4n) is 2.58. The van der Waals surface area contributed by atoms with Gasteiger partial charge >= 0.3 is 6.09 Å². The lowest BCUT2D eigenvalue weighted by Crippen LogP contribution is -2.64. The van der Waals surface area contributed by atoms with Crippen LogP contribution in [0.15, 0.2) is 0 Å². The summed E-state index contributed by atoms with van der Waals surface area (Å²) in [6.45, 7) is 7.87. The molecule has 0 aliphatic carbocycles. The molecule has 2 N–H and O–H groups in total. The minimum Gasteiger partial charge on any atom is -0.447 e. The lowest BCUT2D eigenvalue weighted by Gasteiger charge is -2.48. The van der Waals surface area contributed by atoms with Crippen molar-refractivity contribution in [3.63, 3.8) is 0 Å². The number of amides is 1. The van der Waals surface area contributed by atoms with Crippen molar-refractivity contribution in [1.82, 2.24) is 4.90 Å². The van der Waals surface area contributed by atoms with Gasteiger partial charge in [-0.3, -0.25) is 4.90 Å². The number of ether oxygens (including phenoxy) is 1. The highest BCUT2D eigenvalue weighted by atomic mass is 16.6. The fraction of sp³-hybridized carbons (Fsp3) is 0.923. The predicted octanol–water partition coefficient (Wildman–Crippen LogP) is 2.86. The second-order valence-corrected chi connectivity index (χ2v) is 5.21. The number of nitrogens with two attached hydrogens (primary N) is 1. The molecule has 100 valence electrons. The molecule has 2 atom stereocenters. The maximum atomic E-state index is 12.2. The minimum atomic E-state index is -0.523. The highest BCUT2D eigenvalue weighted by Gasteiger charge is 2.42. The summed E-state index contributed by atoms with van der Waals surface area (Å²) < 4.78 is 5.33. The van der Waals surface area contributed by atoms with Gasteiger partial charge in [0.15, 0.2) is 0 Å². The van der Waals surface area contributed by atoms with Crippen LogP contribution < -0.4 is 5.73 Å². The molecule has 1 saturated heterocycles. The quantitative estimate of drug-likeness (QED) is 0.828. The zero-order chi connectivity index (χ0) is 13.1. The summed E-state index contributed by atoms with van der Waals surface area (Å²) in [6, 6.07) is 0.222. The first-order valence-electron chi connectivity index (χ1n) is 6.73. The Balaban J connectivity index is 2.88. The average molecular weight is 242 g/mol. The molecule has 1 aliphatic heterocycles. The van der Waals surface area contributed by atoms with Gasteiger partial charge in [0, 0.05) is 6.04 Å². The predicted molar refractivity (Wildman–Crippen MR) is 68.6 cm³/mol. The van der Waals surface area contributed by atoms with E-state index in [1.807, 2.05) is 20.8 Å². The van der Waals surface area contributed by atoms with Gasteiger partial charge in [0.25, 0.3) is 0 Å². The molecule has 1 amide bonds. The van der Waals surface area contributed by atoms with Gasteiger partial charge in [-0.25, -0.2) is 4.79 Å². The molecule has 0 spiro atoms. The van der Waals surface area contributed by atoms with E-state index in [9.17, 15) is 4.79 Å². The van der Waals surface area contributed by atoms with Gasteiger partial charge in [0.05, 0.1) is 11.8 Å². The molecule has 2 unspecified atom stereocenters. The van der Waals surface area contributed by atoms with Crippen molar-refractivity contribution in [3.05, 3.63) is 0 Å². The molecule has 0 aromatic heterocycles. The molecule has 0 bridgehead atoms. The van der Waals surface area contributed by atoms with Gasteiger partial charge in [-0.2, -0.15) is 0 Å². The summed E-state index contributed by atoms with van der Waals surface area (Å²) in [4.78, 5) is 14.0. The Bertz CT molecular complexity index is 268. The molecule has 0 aromatic rings. The molecule has 17 heavy (non-hydrogen) atoms. The number of likely N-dealkylation sites (tertiary alicyclic amines) is 1. The number of hydrogen-bond donors (Lipinski definition) is 1. The summed E-state index contributed by atoms with van der Waals surface area (Å²) in [5, 5.41) is 0. The molecule has 0 radical (unpaired) electrons. The van der Waals surface area contributed by atoms with Crippen molar-refractivity contribution in [2.45, 2.75) is 77.6 Å². The minimum absolute atomic E-state index is 0.0944. The van der Waals surface area contributed by atoms with Crippen LogP contribution in [-0.4, -0.2) is 28.8 Å². The number of hydrogen-bond acceptors (Lipinski definition) is 3. The first-order valence-corrected chi connectivity index (χ1v) is 6.73. The number of rotatable bonds is 3. The number of nitrogens with zero attached hydrogens (tertiary/aromatic N) is 1. The summed E-state index contributed by atoms with van der Waals surface area (Å²) >= 11 is 0. The molecule has 1 rings (SSSR count). The Kier molecular flexibility index (Phi) is 4.80. The lowest BCUT2D eigenvalue weighted by molar-refractivity contribution is -0.0152. The Morgan fingerprint density at radius 2 is 2.18 bits per heavy atom. The van der Waals surface area contributed by atoms with Crippen molar-refractivity contribution >= 4 is 6.09 Å². The van der Waals surface area contributed by atoms with Crippen molar-refractivity contribution < 1.29 is 9.53 Å². The zero-order valence-electron chi connectivity index (χ0n) is 11.5. The number of carbonyl (C=O) groups is 1. The molecular formula is C13H26N2O2. The van der Waals surface area contributed by atoms with Gasteiger partial charge in [0.1, 0.15) is 0 Å².